The van der Waals surface area contributed by atoms with Crippen molar-refractivity contribution in [2.24, 2.45) is 0 Å². The molecule has 0 fully saturated rings. The highest BCUT2D eigenvalue weighted by molar-refractivity contribution is 7.13. The fourth-order valence-corrected chi connectivity index (χ4v) is 3.36. The van der Waals surface area contributed by atoms with Crippen molar-refractivity contribution in [1.29, 1.82) is 0 Å². The highest BCUT2D eigenvalue weighted by atomic mass is 35.5. The maximum atomic E-state index is 13.8. The van der Waals surface area contributed by atoms with Gasteiger partial charge in [0.05, 0.1) is 22.8 Å². The molecular formula is C19H16ClFN2OS. The number of carbonyl (C=O) groups is 1. The van der Waals surface area contributed by atoms with E-state index in [-0.39, 0.29) is 23.0 Å². The zero-order valence-electron chi connectivity index (χ0n) is 13.6. The van der Waals surface area contributed by atoms with E-state index in [2.05, 4.69) is 29.4 Å². The molecule has 0 saturated carbocycles. The van der Waals surface area contributed by atoms with Gasteiger partial charge in [0.15, 0.2) is 5.82 Å². The zero-order chi connectivity index (χ0) is 17.8. The molecule has 1 amide bonds. The van der Waals surface area contributed by atoms with Gasteiger partial charge in [-0.25, -0.2) is 9.37 Å². The summed E-state index contributed by atoms with van der Waals surface area (Å²) in [6.07, 6.45) is 1.07. The Bertz CT molecular complexity index is 893. The number of rotatable bonds is 5. The van der Waals surface area contributed by atoms with Crippen molar-refractivity contribution < 1.29 is 9.18 Å². The predicted octanol–water partition coefficient (Wildman–Crippen LogP) is 5.35. The smallest absolute Gasteiger partial charge is 0.230 e. The van der Waals surface area contributed by atoms with Crippen LogP contribution >= 0.6 is 22.9 Å². The summed E-state index contributed by atoms with van der Waals surface area (Å²) in [4.78, 5) is 16.6. The molecule has 1 aromatic heterocycles. The van der Waals surface area contributed by atoms with Crippen LogP contribution in [0.4, 0.5) is 10.1 Å². The first-order valence-corrected chi connectivity index (χ1v) is 9.10. The molecule has 0 unspecified atom stereocenters. The number of benzene rings is 2. The summed E-state index contributed by atoms with van der Waals surface area (Å²) in [6.45, 7) is 2.11. The molecule has 1 heterocycles. The molecule has 0 aliphatic rings. The van der Waals surface area contributed by atoms with E-state index in [1.165, 1.54) is 29.0 Å². The van der Waals surface area contributed by atoms with Crippen molar-refractivity contribution in [1.82, 2.24) is 4.98 Å². The Kier molecular flexibility index (Phi) is 5.46. The topological polar surface area (TPSA) is 42.0 Å². The van der Waals surface area contributed by atoms with Crippen LogP contribution in [0.3, 0.4) is 0 Å². The molecular weight excluding hydrogens is 359 g/mol. The van der Waals surface area contributed by atoms with Crippen LogP contribution < -0.4 is 5.32 Å². The summed E-state index contributed by atoms with van der Waals surface area (Å²) in [6, 6.07) is 12.7. The molecule has 2 aromatic carbocycles. The Morgan fingerprint density at radius 3 is 2.72 bits per heavy atom. The number of aromatic nitrogens is 1. The van der Waals surface area contributed by atoms with Gasteiger partial charge in [0.2, 0.25) is 5.91 Å². The normalized spacial score (nSPS) is 10.7. The molecule has 128 valence electrons. The van der Waals surface area contributed by atoms with Crippen LogP contribution in [0.15, 0.2) is 47.8 Å². The number of aryl methyl sites for hydroxylation is 1. The van der Waals surface area contributed by atoms with Crippen molar-refractivity contribution in [2.75, 3.05) is 5.32 Å². The number of amides is 1. The number of hydrogen-bond donors (Lipinski definition) is 1. The average Bonchev–Trinajstić information content (AvgIpc) is 3.07. The van der Waals surface area contributed by atoms with Gasteiger partial charge in [-0.15, -0.1) is 11.3 Å². The van der Waals surface area contributed by atoms with Crippen molar-refractivity contribution in [3.05, 3.63) is 69.9 Å². The second-order valence-electron chi connectivity index (χ2n) is 5.52. The van der Waals surface area contributed by atoms with Crippen LogP contribution in [0.5, 0.6) is 0 Å². The first kappa shape index (κ1) is 17.6. The Balaban J connectivity index is 1.68. The third-order valence-electron chi connectivity index (χ3n) is 3.73. The van der Waals surface area contributed by atoms with Gasteiger partial charge in [0, 0.05) is 10.9 Å². The van der Waals surface area contributed by atoms with Gasteiger partial charge in [0.25, 0.3) is 0 Å². The SMILES string of the molecule is CCc1ccc(-c2nc(CC(=O)Nc3cccc(Cl)c3F)cs2)cc1. The van der Waals surface area contributed by atoms with Crippen LogP contribution in [-0.4, -0.2) is 10.9 Å². The van der Waals surface area contributed by atoms with E-state index in [0.717, 1.165) is 17.0 Å². The number of nitrogens with zero attached hydrogens (tertiary/aromatic N) is 1. The summed E-state index contributed by atoms with van der Waals surface area (Å²) in [5.41, 5.74) is 3.01. The van der Waals surface area contributed by atoms with Gasteiger partial charge in [-0.3, -0.25) is 4.79 Å². The van der Waals surface area contributed by atoms with Gasteiger partial charge < -0.3 is 5.32 Å². The highest BCUT2D eigenvalue weighted by Crippen LogP contribution is 2.25. The summed E-state index contributed by atoms with van der Waals surface area (Å²) >= 11 is 7.20. The lowest BCUT2D eigenvalue weighted by Crippen LogP contribution is -2.15. The van der Waals surface area contributed by atoms with Crippen LogP contribution in [0.1, 0.15) is 18.2 Å². The quantitative estimate of drug-likeness (QED) is 0.654. The fraction of sp³-hybridized carbons (Fsp3) is 0.158. The number of thiazole rings is 1. The second kappa shape index (κ2) is 7.76. The van der Waals surface area contributed by atoms with Gasteiger partial charge in [-0.05, 0) is 24.1 Å². The summed E-state index contributed by atoms with van der Waals surface area (Å²) < 4.78 is 13.8. The first-order chi connectivity index (χ1) is 12.1. The van der Waals surface area contributed by atoms with Gasteiger partial charge in [-0.1, -0.05) is 48.9 Å². The van der Waals surface area contributed by atoms with E-state index in [9.17, 15) is 9.18 Å². The number of nitrogens with one attached hydrogen (secondary N) is 1. The molecule has 0 aliphatic carbocycles. The zero-order valence-corrected chi connectivity index (χ0v) is 15.1. The Hall–Kier alpha value is -2.24. The van der Waals surface area contributed by atoms with E-state index in [4.69, 9.17) is 11.6 Å². The largest absolute Gasteiger partial charge is 0.323 e. The lowest BCUT2D eigenvalue weighted by Gasteiger charge is -2.06. The minimum atomic E-state index is -0.632. The van der Waals surface area contributed by atoms with E-state index >= 15 is 0 Å². The maximum absolute atomic E-state index is 13.8. The number of carbonyl (C=O) groups excluding carboxylic acids is 1. The molecule has 6 heteroatoms. The molecule has 0 radical (unpaired) electrons. The van der Waals surface area contributed by atoms with Crippen molar-refractivity contribution in [3.8, 4) is 10.6 Å². The molecule has 3 nitrogen and oxygen atoms in total. The summed E-state index contributed by atoms with van der Waals surface area (Å²) in [5.74, 6) is -0.966. The minimum Gasteiger partial charge on any atom is -0.323 e. The molecule has 3 rings (SSSR count). The first-order valence-electron chi connectivity index (χ1n) is 7.84. The third-order valence-corrected chi connectivity index (χ3v) is 4.96. The molecule has 3 aromatic rings. The molecule has 1 N–H and O–H groups in total. The van der Waals surface area contributed by atoms with Crippen LogP contribution in [-0.2, 0) is 17.6 Å². The monoisotopic (exact) mass is 374 g/mol. The Morgan fingerprint density at radius 1 is 1.24 bits per heavy atom. The van der Waals surface area contributed by atoms with E-state index in [0.29, 0.717) is 5.69 Å². The van der Waals surface area contributed by atoms with Crippen LogP contribution in [0.25, 0.3) is 10.6 Å². The summed E-state index contributed by atoms with van der Waals surface area (Å²) in [5, 5.41) is 5.21. The van der Waals surface area contributed by atoms with E-state index in [1.807, 2.05) is 17.5 Å². The van der Waals surface area contributed by atoms with Crippen LogP contribution in [0, 0.1) is 5.82 Å². The van der Waals surface area contributed by atoms with Gasteiger partial charge in [0.1, 0.15) is 5.01 Å². The molecule has 0 aliphatic heterocycles. The van der Waals surface area contributed by atoms with E-state index < -0.39 is 5.82 Å². The Labute approximate surface area is 154 Å². The van der Waals surface area contributed by atoms with Crippen molar-refractivity contribution in [3.63, 3.8) is 0 Å². The lowest BCUT2D eigenvalue weighted by molar-refractivity contribution is -0.115. The van der Waals surface area contributed by atoms with Crippen molar-refractivity contribution >= 4 is 34.5 Å². The predicted molar refractivity (Wildman–Crippen MR) is 101 cm³/mol. The fourth-order valence-electron chi connectivity index (χ4n) is 2.36. The minimum absolute atomic E-state index is 0.0238. The molecule has 0 atom stereocenters. The molecule has 0 saturated heterocycles. The average molecular weight is 375 g/mol. The third kappa shape index (κ3) is 4.24. The van der Waals surface area contributed by atoms with Gasteiger partial charge in [-0.2, -0.15) is 0 Å². The van der Waals surface area contributed by atoms with Crippen LogP contribution in [0.2, 0.25) is 5.02 Å². The standard InChI is InChI=1S/C19H16ClFN2OS/c1-2-12-6-8-13(9-7-12)19-22-14(11-25-19)10-17(24)23-16-5-3-4-15(20)18(16)21/h3-9,11H,2,10H2,1H3,(H,23,24). The maximum Gasteiger partial charge on any atom is 0.230 e. The molecule has 0 spiro atoms. The lowest BCUT2D eigenvalue weighted by atomic mass is 10.1. The highest BCUT2D eigenvalue weighted by Gasteiger charge is 2.12. The molecule has 0 bridgehead atoms. The van der Waals surface area contributed by atoms with Crippen molar-refractivity contribution in [2.45, 2.75) is 19.8 Å². The summed E-state index contributed by atoms with van der Waals surface area (Å²) in [7, 11) is 0. The number of halogens is 2. The second-order valence-corrected chi connectivity index (χ2v) is 6.79. The number of anilines is 1. The Morgan fingerprint density at radius 2 is 2.00 bits per heavy atom. The van der Waals surface area contributed by atoms with Gasteiger partial charge >= 0.3 is 0 Å². The van der Waals surface area contributed by atoms with E-state index in [1.54, 1.807) is 6.07 Å². The molecule has 25 heavy (non-hydrogen) atoms. The number of hydrogen-bond acceptors (Lipinski definition) is 3.